The first-order valence-electron chi connectivity index (χ1n) is 5.72. The predicted molar refractivity (Wildman–Crippen MR) is 65.4 cm³/mol. The molecule has 0 bridgehead atoms. The van der Waals surface area contributed by atoms with Gasteiger partial charge in [-0.3, -0.25) is 4.79 Å². The number of carbonyl (C=O) groups is 1. The summed E-state index contributed by atoms with van der Waals surface area (Å²) in [7, 11) is 1.27. The molecule has 0 saturated carbocycles. The number of rotatable bonds is 5. The van der Waals surface area contributed by atoms with Crippen molar-refractivity contribution in [3.8, 4) is 11.5 Å². The average molecular weight is 254 g/mol. The van der Waals surface area contributed by atoms with Crippen molar-refractivity contribution in [2.45, 2.75) is 20.0 Å². The highest BCUT2D eigenvalue weighted by Crippen LogP contribution is 2.32. The van der Waals surface area contributed by atoms with Crippen LogP contribution in [0.3, 0.4) is 0 Å². The molecule has 2 N–H and O–H groups in total. The smallest absolute Gasteiger partial charge is 0.311 e. The van der Waals surface area contributed by atoms with Crippen LogP contribution in [0.25, 0.3) is 0 Å². The van der Waals surface area contributed by atoms with Crippen LogP contribution in [0.5, 0.6) is 11.5 Å². The molecule has 100 valence electrons. The van der Waals surface area contributed by atoms with E-state index in [4.69, 9.17) is 4.74 Å². The molecule has 0 aliphatic carbocycles. The maximum Gasteiger partial charge on any atom is 0.311 e. The third-order valence-corrected chi connectivity index (χ3v) is 2.67. The number of benzene rings is 1. The molecule has 1 aromatic rings. The van der Waals surface area contributed by atoms with Gasteiger partial charge in [-0.05, 0) is 31.5 Å². The van der Waals surface area contributed by atoms with Gasteiger partial charge in [0, 0.05) is 0 Å². The van der Waals surface area contributed by atoms with Crippen LogP contribution < -0.4 is 4.74 Å². The lowest BCUT2D eigenvalue weighted by atomic mass is 9.97. The predicted octanol–water partition coefficient (Wildman–Crippen LogP) is 1.63. The molecule has 1 aromatic carbocycles. The van der Waals surface area contributed by atoms with E-state index < -0.39 is 18.0 Å². The number of hydrogen-bond acceptors (Lipinski definition) is 5. The normalized spacial score (nSPS) is 13.8. The van der Waals surface area contributed by atoms with Crippen LogP contribution in [-0.4, -0.2) is 29.9 Å². The van der Waals surface area contributed by atoms with E-state index in [2.05, 4.69) is 4.74 Å². The molecular formula is C13H18O5. The summed E-state index contributed by atoms with van der Waals surface area (Å²) >= 11 is 0. The van der Waals surface area contributed by atoms with Crippen LogP contribution >= 0.6 is 0 Å². The van der Waals surface area contributed by atoms with Gasteiger partial charge in [0.05, 0.1) is 25.7 Å². The number of aliphatic hydroxyl groups excluding tert-OH is 1. The second kappa shape index (κ2) is 6.26. The second-order valence-electron chi connectivity index (χ2n) is 3.92. The lowest BCUT2D eigenvalue weighted by molar-refractivity contribution is -0.148. The van der Waals surface area contributed by atoms with Crippen LogP contribution in [0.1, 0.15) is 25.5 Å². The van der Waals surface area contributed by atoms with E-state index >= 15 is 0 Å². The molecule has 0 aliphatic heterocycles. The van der Waals surface area contributed by atoms with Gasteiger partial charge in [0.25, 0.3) is 0 Å². The van der Waals surface area contributed by atoms with E-state index in [1.54, 1.807) is 19.9 Å². The quantitative estimate of drug-likeness (QED) is 0.781. The fourth-order valence-electron chi connectivity index (χ4n) is 1.59. The fraction of sp³-hybridized carbons (Fsp3) is 0.462. The highest BCUT2D eigenvalue weighted by Gasteiger charge is 2.24. The number of phenols is 1. The molecule has 5 nitrogen and oxygen atoms in total. The van der Waals surface area contributed by atoms with Crippen molar-refractivity contribution in [2.24, 2.45) is 5.92 Å². The van der Waals surface area contributed by atoms with E-state index in [0.29, 0.717) is 12.2 Å². The van der Waals surface area contributed by atoms with E-state index in [1.165, 1.54) is 19.2 Å². The number of esters is 1. The SMILES string of the molecule is CCOc1cc(C(O)C(C)C(=O)OC)ccc1O. The summed E-state index contributed by atoms with van der Waals surface area (Å²) in [6.45, 7) is 3.77. The Balaban J connectivity index is 2.95. The zero-order valence-corrected chi connectivity index (χ0v) is 10.7. The van der Waals surface area contributed by atoms with Crippen molar-refractivity contribution in [2.75, 3.05) is 13.7 Å². The van der Waals surface area contributed by atoms with Gasteiger partial charge in [-0.1, -0.05) is 6.07 Å². The van der Waals surface area contributed by atoms with Crippen molar-refractivity contribution in [1.29, 1.82) is 0 Å². The molecule has 2 atom stereocenters. The molecule has 5 heteroatoms. The van der Waals surface area contributed by atoms with Crippen LogP contribution in [-0.2, 0) is 9.53 Å². The number of aromatic hydroxyl groups is 1. The molecule has 0 spiro atoms. The summed E-state index contributed by atoms with van der Waals surface area (Å²) in [5.41, 5.74) is 0.495. The molecule has 0 fully saturated rings. The number of methoxy groups -OCH3 is 1. The van der Waals surface area contributed by atoms with Gasteiger partial charge >= 0.3 is 5.97 Å². The minimum Gasteiger partial charge on any atom is -0.504 e. The maximum absolute atomic E-state index is 11.3. The molecule has 0 amide bonds. The second-order valence-corrected chi connectivity index (χ2v) is 3.92. The fourth-order valence-corrected chi connectivity index (χ4v) is 1.59. The summed E-state index contributed by atoms with van der Waals surface area (Å²) in [6.07, 6.45) is -1.00. The summed E-state index contributed by atoms with van der Waals surface area (Å²) in [5.74, 6) is -0.896. The minimum absolute atomic E-state index is 0.00137. The summed E-state index contributed by atoms with van der Waals surface area (Å²) in [4.78, 5) is 11.3. The molecule has 0 radical (unpaired) electrons. The van der Waals surface area contributed by atoms with E-state index in [9.17, 15) is 15.0 Å². The summed E-state index contributed by atoms with van der Waals surface area (Å²) in [5, 5.41) is 19.6. The Hall–Kier alpha value is -1.75. The first-order valence-corrected chi connectivity index (χ1v) is 5.72. The zero-order valence-electron chi connectivity index (χ0n) is 10.7. The third kappa shape index (κ3) is 3.13. The zero-order chi connectivity index (χ0) is 13.7. The lowest BCUT2D eigenvalue weighted by Crippen LogP contribution is -2.20. The average Bonchev–Trinajstić information content (AvgIpc) is 2.39. The van der Waals surface area contributed by atoms with Crippen molar-refractivity contribution >= 4 is 5.97 Å². The van der Waals surface area contributed by atoms with Crippen LogP contribution in [0.4, 0.5) is 0 Å². The molecule has 1 rings (SSSR count). The van der Waals surface area contributed by atoms with Gasteiger partial charge in [0.15, 0.2) is 11.5 Å². The number of hydrogen-bond donors (Lipinski definition) is 2. The van der Waals surface area contributed by atoms with Crippen LogP contribution in [0.15, 0.2) is 18.2 Å². The molecule has 0 aromatic heterocycles. The molecule has 0 heterocycles. The van der Waals surface area contributed by atoms with E-state index in [1.807, 2.05) is 0 Å². The van der Waals surface area contributed by atoms with Crippen LogP contribution in [0.2, 0.25) is 0 Å². The molecular weight excluding hydrogens is 236 g/mol. The Morgan fingerprint density at radius 3 is 2.67 bits per heavy atom. The minimum atomic E-state index is -1.00. The maximum atomic E-state index is 11.3. The Kier molecular flexibility index (Phi) is 4.97. The summed E-state index contributed by atoms with van der Waals surface area (Å²) in [6, 6.07) is 4.48. The van der Waals surface area contributed by atoms with E-state index in [-0.39, 0.29) is 11.5 Å². The van der Waals surface area contributed by atoms with Gasteiger partial charge in [-0.15, -0.1) is 0 Å². The van der Waals surface area contributed by atoms with Gasteiger partial charge in [0.1, 0.15) is 0 Å². The number of ether oxygens (including phenoxy) is 2. The first-order chi connectivity index (χ1) is 8.51. The highest BCUT2D eigenvalue weighted by atomic mass is 16.5. The Labute approximate surface area is 106 Å². The topological polar surface area (TPSA) is 76.0 Å². The molecule has 18 heavy (non-hydrogen) atoms. The summed E-state index contributed by atoms with van der Waals surface area (Å²) < 4.78 is 9.79. The van der Waals surface area contributed by atoms with Crippen molar-refractivity contribution in [3.05, 3.63) is 23.8 Å². The standard InChI is InChI=1S/C13H18O5/c1-4-18-11-7-9(5-6-10(11)14)12(15)8(2)13(16)17-3/h5-8,12,14-15H,4H2,1-3H3. The van der Waals surface area contributed by atoms with Crippen LogP contribution in [0, 0.1) is 5.92 Å². The lowest BCUT2D eigenvalue weighted by Gasteiger charge is -2.18. The highest BCUT2D eigenvalue weighted by molar-refractivity contribution is 5.72. The number of aliphatic hydroxyl groups is 1. The van der Waals surface area contributed by atoms with E-state index in [0.717, 1.165) is 0 Å². The number of phenolic OH excluding ortho intramolecular Hbond substituents is 1. The Morgan fingerprint density at radius 1 is 1.44 bits per heavy atom. The Morgan fingerprint density at radius 2 is 2.11 bits per heavy atom. The van der Waals surface area contributed by atoms with Gasteiger partial charge in [-0.2, -0.15) is 0 Å². The van der Waals surface area contributed by atoms with Crippen molar-refractivity contribution in [3.63, 3.8) is 0 Å². The monoisotopic (exact) mass is 254 g/mol. The van der Waals surface area contributed by atoms with Gasteiger partial charge in [0.2, 0.25) is 0 Å². The number of carbonyl (C=O) groups excluding carboxylic acids is 1. The van der Waals surface area contributed by atoms with Crippen molar-refractivity contribution in [1.82, 2.24) is 0 Å². The third-order valence-electron chi connectivity index (χ3n) is 2.67. The van der Waals surface area contributed by atoms with Gasteiger partial charge < -0.3 is 19.7 Å². The largest absolute Gasteiger partial charge is 0.504 e. The first kappa shape index (κ1) is 14.3. The molecule has 2 unspecified atom stereocenters. The molecule has 0 saturated heterocycles. The van der Waals surface area contributed by atoms with Crippen molar-refractivity contribution < 1.29 is 24.5 Å². The Bertz CT molecular complexity index is 416. The molecule has 0 aliphatic rings. The van der Waals surface area contributed by atoms with Gasteiger partial charge in [-0.25, -0.2) is 0 Å².